The molecule has 0 aliphatic rings. The average Bonchev–Trinajstić information content (AvgIpc) is 2.65. The number of ether oxygens (including phenoxy) is 1. The van der Waals surface area contributed by atoms with Gasteiger partial charge in [-0.05, 0) is 18.4 Å². The largest absolute Gasteiger partial charge is 0.458 e. The Bertz CT molecular complexity index is 334. The molecule has 1 amide bonds. The average molecular weight is 227 g/mol. The summed E-state index contributed by atoms with van der Waals surface area (Å²) in [5, 5.41) is 4.38. The molecule has 1 heterocycles. The Morgan fingerprint density at radius 1 is 1.60 bits per heavy atom. The van der Waals surface area contributed by atoms with Gasteiger partial charge >= 0.3 is 5.97 Å². The van der Waals surface area contributed by atoms with E-state index in [1.54, 1.807) is 6.92 Å². The molecule has 1 atom stereocenters. The lowest BCUT2D eigenvalue weighted by Crippen LogP contribution is -2.38. The smallest absolute Gasteiger partial charge is 0.328 e. The summed E-state index contributed by atoms with van der Waals surface area (Å²) in [6.45, 7) is 3.22. The van der Waals surface area contributed by atoms with E-state index in [9.17, 15) is 9.59 Å². The molecule has 0 radical (unpaired) electrons. The molecule has 0 saturated heterocycles. The fourth-order valence-electron chi connectivity index (χ4n) is 1.03. The third-order valence-corrected chi connectivity index (χ3v) is 2.56. The lowest BCUT2D eigenvalue weighted by atomic mass is 10.3. The first-order valence-electron chi connectivity index (χ1n) is 4.55. The minimum atomic E-state index is -0.595. The second-order valence-electron chi connectivity index (χ2n) is 3.11. The third-order valence-electron chi connectivity index (χ3n) is 1.71. The van der Waals surface area contributed by atoms with Crippen molar-refractivity contribution in [1.82, 2.24) is 5.32 Å². The molecular weight excluding hydrogens is 214 g/mol. The number of esters is 1. The first-order chi connectivity index (χ1) is 7.09. The Kier molecular flexibility index (Phi) is 4.30. The van der Waals surface area contributed by atoms with Gasteiger partial charge < -0.3 is 10.1 Å². The van der Waals surface area contributed by atoms with E-state index >= 15 is 0 Å². The number of nitrogens with one attached hydrogen (secondary N) is 1. The lowest BCUT2D eigenvalue weighted by Gasteiger charge is -2.11. The minimum Gasteiger partial charge on any atom is -0.458 e. The molecule has 15 heavy (non-hydrogen) atoms. The molecule has 0 aromatic carbocycles. The van der Waals surface area contributed by atoms with E-state index in [-0.39, 0.29) is 12.5 Å². The fraction of sp³-hybridized carbons (Fsp3) is 0.400. The van der Waals surface area contributed by atoms with Crippen molar-refractivity contribution in [2.75, 3.05) is 0 Å². The van der Waals surface area contributed by atoms with Gasteiger partial charge in [-0.25, -0.2) is 4.79 Å². The molecule has 0 aliphatic carbocycles. The molecule has 0 aliphatic heterocycles. The summed E-state index contributed by atoms with van der Waals surface area (Å²) < 4.78 is 5.01. The molecule has 0 fully saturated rings. The van der Waals surface area contributed by atoms with Crippen LogP contribution in [0.3, 0.4) is 0 Å². The van der Waals surface area contributed by atoms with E-state index in [1.165, 1.54) is 18.3 Å². The molecule has 5 heteroatoms. The second kappa shape index (κ2) is 5.50. The van der Waals surface area contributed by atoms with Crippen molar-refractivity contribution in [2.24, 2.45) is 0 Å². The maximum Gasteiger partial charge on any atom is 0.328 e. The number of carbonyl (C=O) groups is 2. The Labute approximate surface area is 92.2 Å². The minimum absolute atomic E-state index is 0.240. The number of thiophene rings is 1. The molecule has 1 unspecified atom stereocenters. The van der Waals surface area contributed by atoms with Gasteiger partial charge in [0, 0.05) is 11.8 Å². The van der Waals surface area contributed by atoms with Gasteiger partial charge in [-0.1, -0.05) is 6.07 Å². The SMILES string of the molecule is CC(=O)NC(C)C(=O)OCc1cccs1. The quantitative estimate of drug-likeness (QED) is 0.789. The molecule has 1 N–H and O–H groups in total. The van der Waals surface area contributed by atoms with Crippen molar-refractivity contribution >= 4 is 23.2 Å². The zero-order chi connectivity index (χ0) is 11.3. The van der Waals surface area contributed by atoms with Crippen LogP contribution in [0.15, 0.2) is 17.5 Å². The van der Waals surface area contributed by atoms with Gasteiger partial charge in [0.05, 0.1) is 0 Å². The van der Waals surface area contributed by atoms with E-state index in [0.717, 1.165) is 4.88 Å². The zero-order valence-corrected chi connectivity index (χ0v) is 9.47. The summed E-state index contributed by atoms with van der Waals surface area (Å²) in [5.74, 6) is -0.658. The summed E-state index contributed by atoms with van der Waals surface area (Å²) in [7, 11) is 0. The molecule has 4 nitrogen and oxygen atoms in total. The van der Waals surface area contributed by atoms with Gasteiger partial charge in [-0.15, -0.1) is 11.3 Å². The number of amides is 1. The second-order valence-corrected chi connectivity index (χ2v) is 4.14. The number of rotatable bonds is 4. The molecule has 1 aromatic rings. The molecule has 82 valence electrons. The van der Waals surface area contributed by atoms with Gasteiger partial charge in [-0.2, -0.15) is 0 Å². The summed E-state index contributed by atoms with van der Waals surface area (Å²) >= 11 is 1.53. The van der Waals surface area contributed by atoms with Crippen molar-refractivity contribution in [3.63, 3.8) is 0 Å². The molecule has 0 bridgehead atoms. The highest BCUT2D eigenvalue weighted by Gasteiger charge is 2.14. The molecule has 0 spiro atoms. The summed E-state index contributed by atoms with van der Waals surface area (Å²) in [6, 6.07) is 3.19. The van der Waals surface area contributed by atoms with Gasteiger partial charge in [0.2, 0.25) is 5.91 Å². The van der Waals surface area contributed by atoms with Crippen molar-refractivity contribution in [3.05, 3.63) is 22.4 Å². The van der Waals surface area contributed by atoms with E-state index in [2.05, 4.69) is 5.32 Å². The van der Waals surface area contributed by atoms with Crippen LogP contribution < -0.4 is 5.32 Å². The number of hydrogen-bond donors (Lipinski definition) is 1. The van der Waals surface area contributed by atoms with E-state index in [4.69, 9.17) is 4.74 Å². The summed E-state index contributed by atoms with van der Waals surface area (Å²) in [6.07, 6.45) is 0. The van der Waals surface area contributed by atoms with Crippen LogP contribution in [0.25, 0.3) is 0 Å². The normalized spacial score (nSPS) is 11.9. The lowest BCUT2D eigenvalue weighted by molar-refractivity contribution is -0.148. The van der Waals surface area contributed by atoms with Crippen LogP contribution in [0.4, 0.5) is 0 Å². The Hall–Kier alpha value is -1.36. The molecule has 0 saturated carbocycles. The van der Waals surface area contributed by atoms with Crippen LogP contribution >= 0.6 is 11.3 Å². The van der Waals surface area contributed by atoms with Crippen LogP contribution in [-0.2, 0) is 20.9 Å². The first-order valence-corrected chi connectivity index (χ1v) is 5.43. The maximum atomic E-state index is 11.3. The molecular formula is C10H13NO3S. The molecule has 1 aromatic heterocycles. The predicted molar refractivity (Wildman–Crippen MR) is 57.4 cm³/mol. The molecule has 1 rings (SSSR count). The number of carbonyl (C=O) groups excluding carboxylic acids is 2. The van der Waals surface area contributed by atoms with Gasteiger partial charge in [0.15, 0.2) is 0 Å². The van der Waals surface area contributed by atoms with Gasteiger partial charge in [0.1, 0.15) is 12.6 Å². The summed E-state index contributed by atoms with van der Waals surface area (Å²) in [5.41, 5.74) is 0. The highest BCUT2D eigenvalue weighted by molar-refractivity contribution is 7.09. The maximum absolute atomic E-state index is 11.3. The van der Waals surface area contributed by atoms with Crippen molar-refractivity contribution < 1.29 is 14.3 Å². The number of hydrogen-bond acceptors (Lipinski definition) is 4. The van der Waals surface area contributed by atoms with Crippen LogP contribution in [0.1, 0.15) is 18.7 Å². The van der Waals surface area contributed by atoms with Gasteiger partial charge in [-0.3, -0.25) is 4.79 Å². The first kappa shape index (κ1) is 11.7. The van der Waals surface area contributed by atoms with E-state index in [1.807, 2.05) is 17.5 Å². The van der Waals surface area contributed by atoms with Crippen LogP contribution in [0.5, 0.6) is 0 Å². The van der Waals surface area contributed by atoms with Crippen molar-refractivity contribution in [3.8, 4) is 0 Å². The predicted octanol–water partition coefficient (Wildman–Crippen LogP) is 1.32. The third kappa shape index (κ3) is 4.12. The van der Waals surface area contributed by atoms with Crippen LogP contribution in [0.2, 0.25) is 0 Å². The van der Waals surface area contributed by atoms with E-state index in [0.29, 0.717) is 0 Å². The van der Waals surface area contributed by atoms with Gasteiger partial charge in [0.25, 0.3) is 0 Å². The van der Waals surface area contributed by atoms with Crippen LogP contribution in [-0.4, -0.2) is 17.9 Å². The Morgan fingerprint density at radius 3 is 2.87 bits per heavy atom. The summed E-state index contributed by atoms with van der Waals surface area (Å²) in [4.78, 5) is 23.0. The Balaban J connectivity index is 2.32. The standard InChI is InChI=1S/C10H13NO3S/c1-7(11-8(2)12)10(13)14-6-9-4-3-5-15-9/h3-5,7H,6H2,1-2H3,(H,11,12). The van der Waals surface area contributed by atoms with Crippen molar-refractivity contribution in [1.29, 1.82) is 0 Å². The zero-order valence-electron chi connectivity index (χ0n) is 8.65. The Morgan fingerprint density at radius 2 is 2.33 bits per heavy atom. The highest BCUT2D eigenvalue weighted by atomic mass is 32.1. The van der Waals surface area contributed by atoms with E-state index < -0.39 is 12.0 Å². The fourth-order valence-corrected chi connectivity index (χ4v) is 1.64. The monoisotopic (exact) mass is 227 g/mol. The topological polar surface area (TPSA) is 55.4 Å². The highest BCUT2D eigenvalue weighted by Crippen LogP contribution is 2.09. The van der Waals surface area contributed by atoms with Crippen LogP contribution in [0, 0.1) is 0 Å². The van der Waals surface area contributed by atoms with Crippen molar-refractivity contribution in [2.45, 2.75) is 26.5 Å².